The minimum Gasteiger partial charge on any atom is -0.309 e. The lowest BCUT2D eigenvalue weighted by molar-refractivity contribution is 1.06. The van der Waals surface area contributed by atoms with Crippen LogP contribution in [-0.4, -0.2) is 24.1 Å². The Hall–Kier alpha value is -8.14. The van der Waals surface area contributed by atoms with Crippen molar-refractivity contribution in [3.63, 3.8) is 0 Å². The standard InChI is InChI=1S/C52H32N6/c53-33-34-16-13-21-37(32-34)57-43-27-10-7-22-40(43)48-38(25-14-30-46(48)57)39-26-15-31-47-49(39)41-23-8-11-28-44(41)58(47)45-29-12-9-24-42(45)52-55-50(35-17-3-1-4-18-35)54-51(56-52)36-19-5-2-6-20-36/h1-32H. The van der Waals surface area contributed by atoms with E-state index in [9.17, 15) is 5.26 Å². The number of para-hydroxylation sites is 3. The summed E-state index contributed by atoms with van der Waals surface area (Å²) in [7, 11) is 0. The fourth-order valence-electron chi connectivity index (χ4n) is 8.53. The van der Waals surface area contributed by atoms with E-state index in [1.165, 1.54) is 0 Å². The molecular weight excluding hydrogens is 709 g/mol. The molecule has 11 rings (SSSR count). The first kappa shape index (κ1) is 33.2. The SMILES string of the molecule is N#Cc1cccc(-n2c3ccccc3c3c(-c4cccc5c4c4ccccc4n5-c4ccccc4-c4nc(-c5ccccc5)nc(-c5ccccc5)n4)cccc32)c1. The maximum atomic E-state index is 9.78. The van der Waals surface area contributed by atoms with Gasteiger partial charge in [0.05, 0.1) is 39.4 Å². The lowest BCUT2D eigenvalue weighted by Crippen LogP contribution is -2.03. The van der Waals surface area contributed by atoms with Gasteiger partial charge in [-0.2, -0.15) is 5.26 Å². The van der Waals surface area contributed by atoms with E-state index in [2.05, 4.69) is 130 Å². The summed E-state index contributed by atoms with van der Waals surface area (Å²) in [6.45, 7) is 0. The first-order valence-electron chi connectivity index (χ1n) is 19.3. The lowest BCUT2D eigenvalue weighted by atomic mass is 9.95. The number of nitriles is 1. The summed E-state index contributed by atoms with van der Waals surface area (Å²) < 4.78 is 4.63. The first-order valence-corrected chi connectivity index (χ1v) is 19.3. The number of aromatic nitrogens is 5. The molecule has 0 atom stereocenters. The van der Waals surface area contributed by atoms with Gasteiger partial charge < -0.3 is 9.13 Å². The monoisotopic (exact) mass is 740 g/mol. The molecule has 3 aromatic heterocycles. The van der Waals surface area contributed by atoms with E-state index in [4.69, 9.17) is 15.0 Å². The van der Waals surface area contributed by atoms with Gasteiger partial charge in [-0.3, -0.25) is 0 Å². The smallest absolute Gasteiger partial charge is 0.166 e. The third kappa shape index (κ3) is 5.30. The van der Waals surface area contributed by atoms with Crippen LogP contribution < -0.4 is 0 Å². The molecule has 0 radical (unpaired) electrons. The maximum Gasteiger partial charge on any atom is 0.166 e. The van der Waals surface area contributed by atoms with Crippen molar-refractivity contribution in [2.24, 2.45) is 0 Å². The molecule has 0 aliphatic rings. The van der Waals surface area contributed by atoms with Gasteiger partial charge in [-0.15, -0.1) is 0 Å². The maximum absolute atomic E-state index is 9.78. The second-order valence-corrected chi connectivity index (χ2v) is 14.3. The third-order valence-corrected chi connectivity index (χ3v) is 11.0. The summed E-state index contributed by atoms with van der Waals surface area (Å²) in [6, 6.07) is 69.1. The van der Waals surface area contributed by atoms with Gasteiger partial charge in [-0.25, -0.2) is 15.0 Å². The molecule has 11 aromatic rings. The van der Waals surface area contributed by atoms with Crippen LogP contribution in [0.25, 0.3) is 100 Å². The van der Waals surface area contributed by atoms with Crippen LogP contribution in [0, 0.1) is 11.3 Å². The Morgan fingerprint density at radius 3 is 1.47 bits per heavy atom. The molecule has 0 aliphatic heterocycles. The predicted molar refractivity (Wildman–Crippen MR) is 235 cm³/mol. The largest absolute Gasteiger partial charge is 0.309 e. The summed E-state index contributed by atoms with van der Waals surface area (Å²) in [5, 5.41) is 14.4. The number of nitrogens with zero attached hydrogens (tertiary/aromatic N) is 6. The molecule has 0 N–H and O–H groups in total. The Kier molecular flexibility index (Phi) is 7.76. The topological polar surface area (TPSA) is 72.3 Å². The quantitative estimate of drug-likeness (QED) is 0.170. The molecule has 0 saturated carbocycles. The van der Waals surface area contributed by atoms with Gasteiger partial charge in [0, 0.05) is 43.9 Å². The highest BCUT2D eigenvalue weighted by atomic mass is 15.1. The van der Waals surface area contributed by atoms with Crippen molar-refractivity contribution < 1.29 is 0 Å². The first-order chi connectivity index (χ1) is 28.7. The van der Waals surface area contributed by atoms with Gasteiger partial charge in [0.2, 0.25) is 0 Å². The lowest BCUT2D eigenvalue weighted by Gasteiger charge is -2.15. The molecule has 0 unspecified atom stereocenters. The fourth-order valence-corrected chi connectivity index (χ4v) is 8.53. The third-order valence-electron chi connectivity index (χ3n) is 11.0. The van der Waals surface area contributed by atoms with Crippen LogP contribution in [0.3, 0.4) is 0 Å². The zero-order valence-electron chi connectivity index (χ0n) is 31.2. The number of benzene rings is 8. The van der Waals surface area contributed by atoms with Gasteiger partial charge in [-0.1, -0.05) is 140 Å². The molecule has 6 nitrogen and oxygen atoms in total. The van der Waals surface area contributed by atoms with E-state index in [0.717, 1.165) is 82.8 Å². The van der Waals surface area contributed by atoms with Crippen molar-refractivity contribution in [2.45, 2.75) is 0 Å². The minimum absolute atomic E-state index is 0.600. The van der Waals surface area contributed by atoms with Gasteiger partial charge in [0.15, 0.2) is 17.5 Å². The number of fused-ring (bicyclic) bond motifs is 6. The number of hydrogen-bond donors (Lipinski definition) is 0. The van der Waals surface area contributed by atoms with E-state index in [1.54, 1.807) is 0 Å². The molecule has 0 bridgehead atoms. The molecule has 0 aliphatic carbocycles. The van der Waals surface area contributed by atoms with Gasteiger partial charge in [0.1, 0.15) is 0 Å². The van der Waals surface area contributed by atoms with E-state index >= 15 is 0 Å². The van der Waals surface area contributed by atoms with Crippen molar-refractivity contribution in [2.75, 3.05) is 0 Å². The van der Waals surface area contributed by atoms with Crippen LogP contribution >= 0.6 is 0 Å². The van der Waals surface area contributed by atoms with Crippen molar-refractivity contribution in [3.8, 4) is 62.7 Å². The average molecular weight is 741 g/mol. The summed E-state index contributed by atoms with van der Waals surface area (Å²) in [4.78, 5) is 15.2. The van der Waals surface area contributed by atoms with Crippen molar-refractivity contribution in [1.82, 2.24) is 24.1 Å². The second kappa shape index (κ2) is 13.6. The molecule has 0 fully saturated rings. The Morgan fingerprint density at radius 2 is 0.845 bits per heavy atom. The van der Waals surface area contributed by atoms with Crippen LogP contribution in [0.15, 0.2) is 194 Å². The van der Waals surface area contributed by atoms with Crippen LogP contribution in [0.1, 0.15) is 5.56 Å². The van der Waals surface area contributed by atoms with E-state index in [0.29, 0.717) is 23.0 Å². The van der Waals surface area contributed by atoms with Gasteiger partial charge in [-0.05, 0) is 65.7 Å². The highest BCUT2D eigenvalue weighted by Crippen LogP contribution is 2.44. The zero-order valence-corrected chi connectivity index (χ0v) is 31.2. The molecule has 0 amide bonds. The van der Waals surface area contributed by atoms with E-state index < -0.39 is 0 Å². The molecule has 58 heavy (non-hydrogen) atoms. The molecule has 270 valence electrons. The number of rotatable bonds is 6. The average Bonchev–Trinajstić information content (AvgIpc) is 3.83. The Bertz CT molecular complexity index is 3350. The van der Waals surface area contributed by atoms with Crippen molar-refractivity contribution in [3.05, 3.63) is 200 Å². The van der Waals surface area contributed by atoms with E-state index in [1.807, 2.05) is 78.9 Å². The summed E-state index contributed by atoms with van der Waals surface area (Å²) in [5.41, 5.74) is 11.9. The highest BCUT2D eigenvalue weighted by molar-refractivity contribution is 6.22. The fraction of sp³-hybridized carbons (Fsp3) is 0. The van der Waals surface area contributed by atoms with Crippen LogP contribution in [0.5, 0.6) is 0 Å². The second-order valence-electron chi connectivity index (χ2n) is 14.3. The number of hydrogen-bond acceptors (Lipinski definition) is 4. The van der Waals surface area contributed by atoms with Gasteiger partial charge in [0.25, 0.3) is 0 Å². The van der Waals surface area contributed by atoms with Crippen LogP contribution in [-0.2, 0) is 0 Å². The molecule has 0 spiro atoms. The highest BCUT2D eigenvalue weighted by Gasteiger charge is 2.23. The minimum atomic E-state index is 0.600. The molecule has 3 heterocycles. The predicted octanol–water partition coefficient (Wildman–Crippen LogP) is 12.6. The van der Waals surface area contributed by atoms with Crippen LogP contribution in [0.2, 0.25) is 0 Å². The Balaban J connectivity index is 1.17. The molecule has 8 aromatic carbocycles. The van der Waals surface area contributed by atoms with Crippen molar-refractivity contribution >= 4 is 43.6 Å². The van der Waals surface area contributed by atoms with Crippen molar-refractivity contribution in [1.29, 1.82) is 5.26 Å². The summed E-state index contributed by atoms with van der Waals surface area (Å²) in [6.07, 6.45) is 0. The van der Waals surface area contributed by atoms with Gasteiger partial charge >= 0.3 is 0 Å². The van der Waals surface area contributed by atoms with E-state index in [-0.39, 0.29) is 0 Å². The zero-order chi connectivity index (χ0) is 38.6. The van der Waals surface area contributed by atoms with Crippen LogP contribution in [0.4, 0.5) is 0 Å². The molecular formula is C52H32N6. The Labute approximate surface area is 334 Å². The molecule has 0 saturated heterocycles. The summed E-state index contributed by atoms with van der Waals surface area (Å²) >= 11 is 0. The summed E-state index contributed by atoms with van der Waals surface area (Å²) in [5.74, 6) is 1.84. The molecule has 6 heteroatoms. The normalized spacial score (nSPS) is 11.4. The Morgan fingerprint density at radius 1 is 0.379 bits per heavy atom.